The number of nitrogens with zero attached hydrogens (tertiary/aromatic N) is 1. The molecule has 1 atom stereocenters. The average molecular weight is 250 g/mol. The van der Waals surface area contributed by atoms with Crippen molar-refractivity contribution in [2.75, 3.05) is 13.1 Å². The van der Waals surface area contributed by atoms with E-state index in [9.17, 15) is 4.79 Å². The number of aromatic nitrogens is 2. The van der Waals surface area contributed by atoms with Crippen LogP contribution < -0.4 is 11.0 Å². The van der Waals surface area contributed by atoms with Crippen LogP contribution in [0.15, 0.2) is 23.0 Å². The summed E-state index contributed by atoms with van der Waals surface area (Å²) >= 11 is 6.08. The van der Waals surface area contributed by atoms with Crippen LogP contribution in [0.25, 0.3) is 10.9 Å². The second-order valence-electron chi connectivity index (χ2n) is 4.28. The molecule has 88 valence electrons. The second kappa shape index (κ2) is 4.13. The van der Waals surface area contributed by atoms with Gasteiger partial charge in [0, 0.05) is 23.5 Å². The van der Waals surface area contributed by atoms with Gasteiger partial charge in [0.2, 0.25) is 0 Å². The van der Waals surface area contributed by atoms with Gasteiger partial charge in [0.25, 0.3) is 0 Å². The number of para-hydroxylation sites is 1. The predicted octanol–water partition coefficient (Wildman–Crippen LogP) is 1.65. The molecule has 0 aliphatic carbocycles. The van der Waals surface area contributed by atoms with E-state index in [4.69, 9.17) is 11.6 Å². The third-order valence-electron chi connectivity index (χ3n) is 3.20. The minimum atomic E-state index is -0.326. The molecule has 1 aromatic carbocycles. The predicted molar refractivity (Wildman–Crippen MR) is 67.6 cm³/mol. The van der Waals surface area contributed by atoms with E-state index in [0.717, 1.165) is 30.6 Å². The topological polar surface area (TPSA) is 57.8 Å². The first-order chi connectivity index (χ1) is 8.25. The standard InChI is InChI=1S/C12H12ClN3O/c13-9-3-1-2-8-10(7-4-5-14-6-7)15-12(17)16-11(8)9/h1-3,7,14H,4-6H2,(H,15,16,17). The fourth-order valence-corrected chi connectivity index (χ4v) is 2.60. The van der Waals surface area contributed by atoms with Gasteiger partial charge in [-0.2, -0.15) is 4.98 Å². The fraction of sp³-hybridized carbons (Fsp3) is 0.333. The molecule has 1 saturated heterocycles. The van der Waals surface area contributed by atoms with Gasteiger partial charge in [0.05, 0.1) is 10.5 Å². The first-order valence-electron chi connectivity index (χ1n) is 5.65. The Morgan fingerprint density at radius 2 is 2.29 bits per heavy atom. The lowest BCUT2D eigenvalue weighted by Gasteiger charge is -2.11. The molecule has 5 heteroatoms. The molecule has 2 N–H and O–H groups in total. The van der Waals surface area contributed by atoms with Crippen LogP contribution in [-0.2, 0) is 0 Å². The molecule has 2 aromatic rings. The highest BCUT2D eigenvalue weighted by molar-refractivity contribution is 6.35. The van der Waals surface area contributed by atoms with Gasteiger partial charge in [-0.15, -0.1) is 0 Å². The van der Waals surface area contributed by atoms with Crippen LogP contribution in [0.4, 0.5) is 0 Å². The van der Waals surface area contributed by atoms with Crippen molar-refractivity contribution < 1.29 is 0 Å². The monoisotopic (exact) mass is 249 g/mol. The van der Waals surface area contributed by atoms with Gasteiger partial charge in [0.15, 0.2) is 0 Å². The first-order valence-corrected chi connectivity index (χ1v) is 6.02. The van der Waals surface area contributed by atoms with Gasteiger partial charge in [-0.25, -0.2) is 4.79 Å². The summed E-state index contributed by atoms with van der Waals surface area (Å²) in [6.45, 7) is 1.87. The third kappa shape index (κ3) is 1.83. The van der Waals surface area contributed by atoms with E-state index in [1.807, 2.05) is 12.1 Å². The van der Waals surface area contributed by atoms with Gasteiger partial charge in [-0.3, -0.25) is 0 Å². The molecule has 1 aliphatic rings. The minimum absolute atomic E-state index is 0.326. The maximum absolute atomic E-state index is 11.6. The van der Waals surface area contributed by atoms with Crippen LogP contribution in [0.1, 0.15) is 18.0 Å². The molecule has 4 nitrogen and oxygen atoms in total. The summed E-state index contributed by atoms with van der Waals surface area (Å²) in [7, 11) is 0. The fourth-order valence-electron chi connectivity index (χ4n) is 2.38. The van der Waals surface area contributed by atoms with Gasteiger partial charge >= 0.3 is 5.69 Å². The van der Waals surface area contributed by atoms with Crippen molar-refractivity contribution in [1.82, 2.24) is 15.3 Å². The summed E-state index contributed by atoms with van der Waals surface area (Å²) in [5, 5.41) is 4.77. The van der Waals surface area contributed by atoms with Crippen LogP contribution in [0.3, 0.4) is 0 Å². The van der Waals surface area contributed by atoms with E-state index in [0.29, 0.717) is 16.5 Å². The highest BCUT2D eigenvalue weighted by Gasteiger charge is 2.20. The number of aromatic amines is 1. The van der Waals surface area contributed by atoms with Crippen LogP contribution in [0, 0.1) is 0 Å². The lowest BCUT2D eigenvalue weighted by Crippen LogP contribution is -2.17. The Kier molecular flexibility index (Phi) is 2.61. The third-order valence-corrected chi connectivity index (χ3v) is 3.51. The highest BCUT2D eigenvalue weighted by Crippen LogP contribution is 2.28. The quantitative estimate of drug-likeness (QED) is 0.808. The number of benzene rings is 1. The smallest absolute Gasteiger partial charge is 0.316 e. The molecule has 2 heterocycles. The van der Waals surface area contributed by atoms with Crippen molar-refractivity contribution in [2.45, 2.75) is 12.3 Å². The van der Waals surface area contributed by atoms with Crippen LogP contribution >= 0.6 is 11.6 Å². The molecular weight excluding hydrogens is 238 g/mol. The van der Waals surface area contributed by atoms with Crippen molar-refractivity contribution in [3.05, 3.63) is 39.4 Å². The zero-order valence-corrected chi connectivity index (χ0v) is 9.92. The Balaban J connectivity index is 2.29. The molecule has 1 fully saturated rings. The summed E-state index contributed by atoms with van der Waals surface area (Å²) in [6, 6.07) is 5.60. The number of fused-ring (bicyclic) bond motifs is 1. The molecule has 1 aliphatic heterocycles. The molecule has 3 rings (SSSR count). The molecule has 0 radical (unpaired) electrons. The van der Waals surface area contributed by atoms with Gasteiger partial charge in [0.1, 0.15) is 0 Å². The summed E-state index contributed by atoms with van der Waals surface area (Å²) < 4.78 is 0. The van der Waals surface area contributed by atoms with E-state index in [1.54, 1.807) is 6.07 Å². The lowest BCUT2D eigenvalue weighted by atomic mass is 10.0. The van der Waals surface area contributed by atoms with E-state index >= 15 is 0 Å². The Labute approximate surface area is 103 Å². The Morgan fingerprint density at radius 3 is 3.06 bits per heavy atom. The van der Waals surface area contributed by atoms with E-state index in [1.165, 1.54) is 0 Å². The number of H-pyrrole nitrogens is 1. The van der Waals surface area contributed by atoms with Gasteiger partial charge < -0.3 is 10.3 Å². The molecular formula is C12H12ClN3O. The zero-order valence-electron chi connectivity index (χ0n) is 9.16. The van der Waals surface area contributed by atoms with E-state index < -0.39 is 0 Å². The van der Waals surface area contributed by atoms with Crippen LogP contribution in [-0.4, -0.2) is 23.1 Å². The molecule has 0 bridgehead atoms. The molecule has 0 spiro atoms. The number of hydrogen-bond acceptors (Lipinski definition) is 3. The van der Waals surface area contributed by atoms with Crippen molar-refractivity contribution in [3.63, 3.8) is 0 Å². The summed E-state index contributed by atoms with van der Waals surface area (Å²) in [5.41, 5.74) is 1.22. The second-order valence-corrected chi connectivity index (χ2v) is 4.69. The SMILES string of the molecule is O=c1nc2c(Cl)cccc2c(C2CCNC2)[nH]1. The molecule has 0 amide bonds. The Hall–Kier alpha value is -1.39. The summed E-state index contributed by atoms with van der Waals surface area (Å²) in [5.74, 6) is 0.340. The largest absolute Gasteiger partial charge is 0.345 e. The normalized spacial score (nSPS) is 19.9. The summed E-state index contributed by atoms with van der Waals surface area (Å²) in [4.78, 5) is 18.4. The number of halogens is 1. The van der Waals surface area contributed by atoms with Crippen molar-refractivity contribution in [2.24, 2.45) is 0 Å². The van der Waals surface area contributed by atoms with Crippen molar-refractivity contribution in [3.8, 4) is 0 Å². The van der Waals surface area contributed by atoms with Crippen LogP contribution in [0.2, 0.25) is 5.02 Å². The van der Waals surface area contributed by atoms with Crippen molar-refractivity contribution in [1.29, 1.82) is 0 Å². The van der Waals surface area contributed by atoms with E-state index in [2.05, 4.69) is 15.3 Å². The zero-order chi connectivity index (χ0) is 11.8. The lowest BCUT2D eigenvalue weighted by molar-refractivity contribution is 0.735. The molecule has 1 aromatic heterocycles. The van der Waals surface area contributed by atoms with Crippen LogP contribution in [0.5, 0.6) is 0 Å². The highest BCUT2D eigenvalue weighted by atomic mass is 35.5. The molecule has 1 unspecified atom stereocenters. The number of hydrogen-bond donors (Lipinski definition) is 2. The molecule has 0 saturated carbocycles. The number of rotatable bonds is 1. The Bertz CT molecular complexity index is 617. The van der Waals surface area contributed by atoms with Crippen molar-refractivity contribution >= 4 is 22.5 Å². The molecule has 17 heavy (non-hydrogen) atoms. The summed E-state index contributed by atoms with van der Waals surface area (Å²) in [6.07, 6.45) is 1.03. The van der Waals surface area contributed by atoms with E-state index in [-0.39, 0.29) is 5.69 Å². The average Bonchev–Trinajstić information content (AvgIpc) is 2.83. The number of nitrogens with one attached hydrogen (secondary N) is 2. The Morgan fingerprint density at radius 1 is 1.41 bits per heavy atom. The maximum atomic E-state index is 11.6. The van der Waals surface area contributed by atoms with Gasteiger partial charge in [-0.05, 0) is 19.0 Å². The maximum Gasteiger partial charge on any atom is 0.345 e. The minimum Gasteiger partial charge on any atom is -0.316 e. The first kappa shape index (κ1) is 10.7. The van der Waals surface area contributed by atoms with Gasteiger partial charge in [-0.1, -0.05) is 23.7 Å².